The van der Waals surface area contributed by atoms with Gasteiger partial charge in [-0.1, -0.05) is 12.1 Å². The third-order valence-corrected chi connectivity index (χ3v) is 6.40. The first-order valence-corrected chi connectivity index (χ1v) is 12.2. The second-order valence-electron chi connectivity index (χ2n) is 9.00. The summed E-state index contributed by atoms with van der Waals surface area (Å²) >= 11 is 0. The van der Waals surface area contributed by atoms with Gasteiger partial charge in [-0.05, 0) is 85.8 Å². The summed E-state index contributed by atoms with van der Waals surface area (Å²) in [6.45, 7) is 2.54. The van der Waals surface area contributed by atoms with Crippen LogP contribution in [0.3, 0.4) is 0 Å². The van der Waals surface area contributed by atoms with E-state index in [0.29, 0.717) is 66.2 Å². The van der Waals surface area contributed by atoms with Crippen molar-refractivity contribution in [2.24, 2.45) is 23.1 Å². The molecule has 0 radical (unpaired) electrons. The number of amides is 1. The molecular weight excluding hydrogens is 454 g/mol. The van der Waals surface area contributed by atoms with Crippen LogP contribution in [-0.2, 0) is 6.54 Å². The van der Waals surface area contributed by atoms with Crippen molar-refractivity contribution < 1.29 is 14.3 Å². The molecule has 36 heavy (non-hydrogen) atoms. The number of carbonyl (C=O) groups is 1. The zero-order valence-corrected chi connectivity index (χ0v) is 20.3. The highest BCUT2D eigenvalue weighted by Crippen LogP contribution is 2.32. The van der Waals surface area contributed by atoms with Gasteiger partial charge in [0.2, 0.25) is 0 Å². The second-order valence-corrected chi connectivity index (χ2v) is 9.00. The van der Waals surface area contributed by atoms with Gasteiger partial charge in [-0.25, -0.2) is 0 Å². The molecule has 0 atom stereocenters. The molecule has 7 N–H and O–H groups in total. The van der Waals surface area contributed by atoms with Crippen LogP contribution in [0.1, 0.15) is 40.7 Å². The average molecular weight is 488 g/mol. The molecule has 1 amide bonds. The molecule has 8 nitrogen and oxygen atoms in total. The van der Waals surface area contributed by atoms with Crippen LogP contribution in [0.15, 0.2) is 66.7 Å². The Morgan fingerprint density at radius 3 is 1.89 bits per heavy atom. The van der Waals surface area contributed by atoms with Crippen molar-refractivity contribution in [1.29, 1.82) is 5.41 Å². The predicted molar refractivity (Wildman–Crippen MR) is 141 cm³/mol. The molecule has 1 saturated heterocycles. The second kappa shape index (κ2) is 11.7. The van der Waals surface area contributed by atoms with E-state index < -0.39 is 0 Å². The van der Waals surface area contributed by atoms with Gasteiger partial charge in [-0.2, -0.15) is 0 Å². The molecule has 1 aliphatic rings. The van der Waals surface area contributed by atoms with Crippen molar-refractivity contribution in [3.8, 4) is 23.0 Å². The summed E-state index contributed by atoms with van der Waals surface area (Å²) in [7, 11) is 0. The first kappa shape index (κ1) is 25.2. The minimum Gasteiger partial charge on any atom is -0.457 e. The van der Waals surface area contributed by atoms with E-state index in [0.717, 1.165) is 24.8 Å². The fourth-order valence-electron chi connectivity index (χ4n) is 4.32. The van der Waals surface area contributed by atoms with Crippen molar-refractivity contribution in [3.63, 3.8) is 0 Å². The Morgan fingerprint density at radius 2 is 1.39 bits per heavy atom. The Balaban J connectivity index is 1.58. The number of amidine groups is 1. The zero-order chi connectivity index (χ0) is 25.5. The van der Waals surface area contributed by atoms with Gasteiger partial charge in [0.05, 0.1) is 0 Å². The summed E-state index contributed by atoms with van der Waals surface area (Å²) in [5, 5.41) is 7.56. The lowest BCUT2D eigenvalue weighted by Crippen LogP contribution is -2.38. The number of nitrogens with two attached hydrogens (primary N) is 3. The largest absolute Gasteiger partial charge is 0.457 e. The number of nitrogen functional groups attached to an aromatic ring is 1. The number of hydrogen-bond acceptors (Lipinski definition) is 6. The molecule has 3 aromatic rings. The monoisotopic (exact) mass is 487 g/mol. The van der Waals surface area contributed by atoms with Crippen LogP contribution in [0.2, 0.25) is 0 Å². The third-order valence-electron chi connectivity index (χ3n) is 6.40. The fourth-order valence-corrected chi connectivity index (χ4v) is 4.32. The van der Waals surface area contributed by atoms with E-state index in [1.807, 2.05) is 29.2 Å². The lowest BCUT2D eigenvalue weighted by molar-refractivity contribution is 0.0687. The number of benzene rings is 3. The van der Waals surface area contributed by atoms with Gasteiger partial charge in [0.1, 0.15) is 28.8 Å². The number of hydrogen-bond donors (Lipinski definition) is 4. The summed E-state index contributed by atoms with van der Waals surface area (Å²) in [5.41, 5.74) is 19.1. The van der Waals surface area contributed by atoms with Crippen LogP contribution in [0.25, 0.3) is 0 Å². The number of nitrogens with zero attached hydrogens (tertiary/aromatic N) is 1. The highest BCUT2D eigenvalue weighted by molar-refractivity contribution is 5.95. The molecule has 1 aliphatic heterocycles. The molecule has 3 aromatic carbocycles. The van der Waals surface area contributed by atoms with Crippen LogP contribution in [0.5, 0.6) is 23.0 Å². The van der Waals surface area contributed by atoms with Crippen molar-refractivity contribution in [2.75, 3.05) is 19.6 Å². The molecule has 188 valence electrons. The Hall–Kier alpha value is -3.88. The van der Waals surface area contributed by atoms with E-state index >= 15 is 0 Å². The number of nitrogens with one attached hydrogen (secondary N) is 1. The van der Waals surface area contributed by atoms with E-state index in [1.54, 1.807) is 42.5 Å². The summed E-state index contributed by atoms with van der Waals surface area (Å²) < 4.78 is 12.1. The van der Waals surface area contributed by atoms with Crippen LogP contribution >= 0.6 is 0 Å². The normalized spacial score (nSPS) is 13.9. The molecule has 0 aromatic heterocycles. The van der Waals surface area contributed by atoms with Crippen LogP contribution < -0.4 is 26.7 Å². The smallest absolute Gasteiger partial charge is 0.254 e. The van der Waals surface area contributed by atoms with Crippen LogP contribution in [0, 0.1) is 11.3 Å². The van der Waals surface area contributed by atoms with Crippen molar-refractivity contribution in [2.45, 2.75) is 25.8 Å². The standard InChI is InChI=1S/C28H33N5O3/c29-12-9-19-10-13-33(14-11-19)28(34)22-15-25(35-23-5-1-20(18-30)2-6-23)17-26(16-22)36-24-7-3-21(4-8-24)27(31)32/h1-8,15-17,19H,9-14,18,29-30H2,(H3,31,32). The van der Waals surface area contributed by atoms with Crippen LogP contribution in [-0.4, -0.2) is 36.3 Å². The van der Waals surface area contributed by atoms with E-state index in [2.05, 4.69) is 0 Å². The van der Waals surface area contributed by atoms with Gasteiger partial charge >= 0.3 is 0 Å². The highest BCUT2D eigenvalue weighted by Gasteiger charge is 2.24. The summed E-state index contributed by atoms with van der Waals surface area (Å²) in [5.74, 6) is 2.67. The lowest BCUT2D eigenvalue weighted by atomic mass is 9.93. The maximum Gasteiger partial charge on any atom is 0.254 e. The van der Waals surface area contributed by atoms with Crippen molar-refractivity contribution >= 4 is 11.7 Å². The molecule has 4 rings (SSSR count). The van der Waals surface area contributed by atoms with E-state index in [9.17, 15) is 4.79 Å². The summed E-state index contributed by atoms with van der Waals surface area (Å²) in [4.78, 5) is 15.3. The maximum absolute atomic E-state index is 13.4. The maximum atomic E-state index is 13.4. The number of rotatable bonds is 9. The van der Waals surface area contributed by atoms with E-state index in [4.69, 9.17) is 32.1 Å². The first-order valence-electron chi connectivity index (χ1n) is 12.2. The summed E-state index contributed by atoms with van der Waals surface area (Å²) in [6, 6.07) is 19.6. The summed E-state index contributed by atoms with van der Waals surface area (Å²) in [6.07, 6.45) is 2.91. The fraction of sp³-hybridized carbons (Fsp3) is 0.286. The molecule has 0 unspecified atom stereocenters. The minimum absolute atomic E-state index is 0.0132. The van der Waals surface area contributed by atoms with Gasteiger partial charge in [0.15, 0.2) is 0 Å². The molecule has 1 heterocycles. The van der Waals surface area contributed by atoms with Gasteiger partial charge in [0.25, 0.3) is 5.91 Å². The molecule has 1 fully saturated rings. The number of ether oxygens (including phenoxy) is 2. The zero-order valence-electron chi connectivity index (χ0n) is 20.3. The first-order chi connectivity index (χ1) is 17.4. The number of piperidine rings is 1. The third kappa shape index (κ3) is 6.41. The highest BCUT2D eigenvalue weighted by atomic mass is 16.5. The Morgan fingerprint density at radius 1 is 0.833 bits per heavy atom. The Bertz CT molecular complexity index is 1190. The average Bonchev–Trinajstić information content (AvgIpc) is 2.89. The molecule has 0 spiro atoms. The molecule has 0 saturated carbocycles. The van der Waals surface area contributed by atoms with Gasteiger partial charge in [-0.3, -0.25) is 10.2 Å². The van der Waals surface area contributed by atoms with Gasteiger partial charge < -0.3 is 31.6 Å². The molecule has 0 aliphatic carbocycles. The van der Waals surface area contributed by atoms with E-state index in [-0.39, 0.29) is 11.7 Å². The Labute approximate surface area is 211 Å². The number of likely N-dealkylation sites (tertiary alicyclic amines) is 1. The van der Waals surface area contributed by atoms with Crippen LogP contribution in [0.4, 0.5) is 0 Å². The van der Waals surface area contributed by atoms with Crippen molar-refractivity contribution in [3.05, 3.63) is 83.4 Å². The lowest BCUT2D eigenvalue weighted by Gasteiger charge is -2.32. The van der Waals surface area contributed by atoms with Gasteiger partial charge in [0, 0.05) is 36.8 Å². The predicted octanol–water partition coefficient (Wildman–Crippen LogP) is 4.21. The Kier molecular flexibility index (Phi) is 8.20. The molecular formula is C28H33N5O3. The quantitative estimate of drug-likeness (QED) is 0.263. The molecule has 8 heteroatoms. The van der Waals surface area contributed by atoms with Crippen molar-refractivity contribution in [1.82, 2.24) is 4.90 Å². The topological polar surface area (TPSA) is 141 Å². The minimum atomic E-state index is -0.0538. The SMILES string of the molecule is N=C(N)c1ccc(Oc2cc(Oc3ccc(CN)cc3)cc(C(=O)N3CCC(CCN)CC3)c2)cc1. The molecule has 0 bridgehead atoms. The van der Waals surface area contributed by atoms with E-state index in [1.165, 1.54) is 0 Å². The number of carbonyl (C=O) groups excluding carboxylic acids is 1. The van der Waals surface area contributed by atoms with Gasteiger partial charge in [-0.15, -0.1) is 0 Å².